The van der Waals surface area contributed by atoms with Crippen molar-refractivity contribution in [2.24, 2.45) is 29.6 Å². The van der Waals surface area contributed by atoms with E-state index >= 15 is 0 Å². The molecule has 6 rings (SSSR count). The molecule has 10 heteroatoms. The van der Waals surface area contributed by atoms with Crippen LogP contribution in [-0.4, -0.2) is 51.7 Å². The summed E-state index contributed by atoms with van der Waals surface area (Å²) in [5.41, 5.74) is 0.977. The van der Waals surface area contributed by atoms with Gasteiger partial charge in [-0.1, -0.05) is 29.5 Å². The van der Waals surface area contributed by atoms with Gasteiger partial charge in [-0.25, -0.2) is 0 Å². The zero-order valence-corrected chi connectivity index (χ0v) is 18.7. The average molecular weight is 473 g/mol. The lowest BCUT2D eigenvalue weighted by Gasteiger charge is -2.43. The van der Waals surface area contributed by atoms with Crippen molar-refractivity contribution >= 4 is 40.9 Å². The minimum absolute atomic E-state index is 0.0241. The van der Waals surface area contributed by atoms with E-state index in [1.807, 2.05) is 24.3 Å². The number of aliphatic carboxylic acids is 1. The van der Waals surface area contributed by atoms with E-state index in [4.69, 9.17) is 4.74 Å². The van der Waals surface area contributed by atoms with Crippen LogP contribution < -0.4 is 9.61 Å². The number of thioether (sulfide) groups is 1. The molecule has 0 radical (unpaired) electrons. The van der Waals surface area contributed by atoms with Crippen LogP contribution in [0.1, 0.15) is 22.8 Å². The van der Waals surface area contributed by atoms with Crippen LogP contribution in [0, 0.1) is 29.6 Å². The number of fused-ring (bicyclic) bond motifs is 9. The molecule has 2 aromatic rings. The Labute approximate surface area is 191 Å². The number of hydrogen-bond donors (Lipinski definition) is 2. The third kappa shape index (κ3) is 2.56. The summed E-state index contributed by atoms with van der Waals surface area (Å²) in [6.07, 6.45) is 0.765. The van der Waals surface area contributed by atoms with Gasteiger partial charge in [-0.15, -0.1) is 11.8 Å². The molecule has 4 aliphatic rings. The van der Waals surface area contributed by atoms with Gasteiger partial charge in [0, 0.05) is 21.6 Å². The number of benzene rings is 1. The van der Waals surface area contributed by atoms with Crippen molar-refractivity contribution in [2.75, 3.05) is 13.7 Å². The first kappa shape index (κ1) is 20.0. The van der Waals surface area contributed by atoms with E-state index in [9.17, 15) is 24.3 Å². The highest BCUT2D eigenvalue weighted by atomic mass is 32.2. The van der Waals surface area contributed by atoms with Crippen LogP contribution in [0.2, 0.25) is 0 Å². The smallest absolute Gasteiger partial charge is 0.323 e. The number of carbonyl (C=O) groups is 3. The molecule has 1 saturated heterocycles. The van der Waals surface area contributed by atoms with Crippen LogP contribution >= 0.6 is 23.1 Å². The highest BCUT2D eigenvalue weighted by Gasteiger charge is 2.69. The number of amides is 2. The van der Waals surface area contributed by atoms with E-state index in [1.54, 1.807) is 18.9 Å². The Morgan fingerprint density at radius 2 is 1.91 bits per heavy atom. The van der Waals surface area contributed by atoms with Crippen molar-refractivity contribution in [3.63, 3.8) is 0 Å². The lowest BCUT2D eigenvalue weighted by Crippen LogP contribution is -2.42. The maximum absolute atomic E-state index is 13.2. The summed E-state index contributed by atoms with van der Waals surface area (Å²) in [6.45, 7) is -0.580. The number of imide groups is 1. The molecule has 2 aliphatic heterocycles. The monoisotopic (exact) mass is 472 g/mol. The molecule has 3 heterocycles. The molecule has 2 N–H and O–H groups in total. The van der Waals surface area contributed by atoms with Gasteiger partial charge in [-0.05, 0) is 30.2 Å². The van der Waals surface area contributed by atoms with Crippen LogP contribution in [0.5, 0.6) is 5.75 Å². The largest absolute Gasteiger partial charge is 0.496 e. The van der Waals surface area contributed by atoms with Gasteiger partial charge in [0.05, 0.1) is 24.0 Å². The van der Waals surface area contributed by atoms with E-state index < -0.39 is 24.3 Å². The van der Waals surface area contributed by atoms with Crippen molar-refractivity contribution in [1.82, 2.24) is 9.88 Å². The number of methoxy groups -OCH3 is 1. The van der Waals surface area contributed by atoms with E-state index in [-0.39, 0.29) is 45.6 Å². The van der Waals surface area contributed by atoms with Crippen LogP contribution in [0.3, 0.4) is 0 Å². The van der Waals surface area contributed by atoms with Gasteiger partial charge in [0.25, 0.3) is 0 Å². The van der Waals surface area contributed by atoms with Gasteiger partial charge in [0.1, 0.15) is 12.3 Å². The predicted octanol–water partition coefficient (Wildman–Crippen LogP) is 2.00. The number of carboxylic acid groups (broad SMARTS) is 1. The number of nitrogens with zero attached hydrogens (tertiary/aromatic N) is 1. The van der Waals surface area contributed by atoms with Gasteiger partial charge in [-0.3, -0.25) is 24.1 Å². The number of likely N-dealkylation sites (tertiary alicyclic amines) is 1. The zero-order valence-electron chi connectivity index (χ0n) is 17.0. The second kappa shape index (κ2) is 6.95. The number of aromatic nitrogens is 1. The second-order valence-electron chi connectivity index (χ2n) is 8.86. The van der Waals surface area contributed by atoms with E-state index in [0.29, 0.717) is 0 Å². The standard InChI is InChI=1S/C22H20N2O6S2/c1-30-11-5-3-2-4-8(11)13-14-9-6-10(17(14)31-19-18(13)32-22(29)23-19)16-15(9)20(27)24(21(16)28)7-12(25)26/h2-5,9-10,13-17H,6-7H2,1H3,(H,23,29)(H,25,26)/t9-,10-,13-,14-,15+,16+,17+/m1/s1. The lowest BCUT2D eigenvalue weighted by molar-refractivity contribution is -0.149. The number of nitrogens with one attached hydrogen (secondary N) is 1. The third-order valence-corrected chi connectivity index (χ3v) is 10.2. The molecule has 3 fully saturated rings. The first-order chi connectivity index (χ1) is 15.4. The number of thiazole rings is 1. The number of para-hydroxylation sites is 1. The minimum Gasteiger partial charge on any atom is -0.496 e. The lowest BCUT2D eigenvalue weighted by atomic mass is 9.68. The molecule has 166 valence electrons. The van der Waals surface area contributed by atoms with Crippen molar-refractivity contribution in [3.05, 3.63) is 44.4 Å². The maximum Gasteiger partial charge on any atom is 0.323 e. The first-order valence-corrected chi connectivity index (χ1v) is 12.2. The van der Waals surface area contributed by atoms with Crippen molar-refractivity contribution in [3.8, 4) is 5.75 Å². The molecule has 7 atom stereocenters. The fraction of sp³-hybridized carbons (Fsp3) is 0.455. The Balaban J connectivity index is 1.47. The molecule has 8 nitrogen and oxygen atoms in total. The number of aromatic amines is 1. The summed E-state index contributed by atoms with van der Waals surface area (Å²) >= 11 is 2.80. The first-order valence-electron chi connectivity index (χ1n) is 10.5. The highest BCUT2D eigenvalue weighted by molar-refractivity contribution is 8.00. The Morgan fingerprint density at radius 1 is 1.19 bits per heavy atom. The van der Waals surface area contributed by atoms with E-state index in [2.05, 4.69) is 4.98 Å². The molecular formula is C22H20N2O6S2. The second-order valence-corrected chi connectivity index (χ2v) is 11.1. The number of ether oxygens (including phenoxy) is 1. The molecular weight excluding hydrogens is 452 g/mol. The molecule has 0 spiro atoms. The summed E-state index contributed by atoms with van der Waals surface area (Å²) in [4.78, 5) is 54.5. The highest BCUT2D eigenvalue weighted by Crippen LogP contribution is 2.68. The van der Waals surface area contributed by atoms with Gasteiger partial charge < -0.3 is 14.8 Å². The average Bonchev–Trinajstić information content (AvgIpc) is 3.49. The summed E-state index contributed by atoms with van der Waals surface area (Å²) < 4.78 is 5.65. The SMILES string of the molecule is COc1ccccc1[C@H]1c2sc(=O)[nH]c2S[C@H]2[C@@H]3C[C@@H]([C@@H]4C(=O)N(CC(=O)O)C(=O)[C@@H]34)[C@H]12. The fourth-order valence-corrected chi connectivity index (χ4v) is 9.52. The molecule has 1 aromatic heterocycles. The fourth-order valence-electron chi connectivity index (χ4n) is 6.64. The van der Waals surface area contributed by atoms with Gasteiger partial charge in [0.2, 0.25) is 11.8 Å². The molecule has 2 saturated carbocycles. The summed E-state index contributed by atoms with van der Waals surface area (Å²) in [6, 6.07) is 7.75. The van der Waals surface area contributed by atoms with Crippen LogP contribution in [0.4, 0.5) is 0 Å². The van der Waals surface area contributed by atoms with Crippen molar-refractivity contribution < 1.29 is 24.2 Å². The van der Waals surface area contributed by atoms with Crippen LogP contribution in [0.25, 0.3) is 0 Å². The van der Waals surface area contributed by atoms with Gasteiger partial charge in [0.15, 0.2) is 0 Å². The summed E-state index contributed by atoms with van der Waals surface area (Å²) in [7, 11) is 1.62. The number of H-pyrrole nitrogens is 1. The molecule has 2 bridgehead atoms. The number of carboxylic acids is 1. The Bertz CT molecular complexity index is 1220. The van der Waals surface area contributed by atoms with Gasteiger partial charge in [-0.2, -0.15) is 0 Å². The van der Waals surface area contributed by atoms with Crippen molar-refractivity contribution in [2.45, 2.75) is 22.6 Å². The number of rotatable bonds is 4. The van der Waals surface area contributed by atoms with Crippen LogP contribution in [0.15, 0.2) is 34.1 Å². The number of hydrogen-bond acceptors (Lipinski definition) is 7. The normalized spacial score (nSPS) is 34.4. The quantitative estimate of drug-likeness (QED) is 0.654. The topological polar surface area (TPSA) is 117 Å². The Hall–Kier alpha value is -2.59. The molecule has 1 aromatic carbocycles. The zero-order chi connectivity index (χ0) is 22.3. The predicted molar refractivity (Wildman–Crippen MR) is 116 cm³/mol. The molecule has 2 amide bonds. The summed E-state index contributed by atoms with van der Waals surface area (Å²) in [5.74, 6) is -2.24. The maximum atomic E-state index is 13.2. The molecule has 0 unspecified atom stereocenters. The van der Waals surface area contributed by atoms with Crippen molar-refractivity contribution in [1.29, 1.82) is 0 Å². The minimum atomic E-state index is -1.18. The Morgan fingerprint density at radius 3 is 2.62 bits per heavy atom. The van der Waals surface area contributed by atoms with Gasteiger partial charge >= 0.3 is 10.8 Å². The van der Waals surface area contributed by atoms with E-state index in [1.165, 1.54) is 11.3 Å². The summed E-state index contributed by atoms with van der Waals surface area (Å²) in [5, 5.41) is 10.1. The molecule has 32 heavy (non-hydrogen) atoms. The molecule has 2 aliphatic carbocycles. The van der Waals surface area contributed by atoms with E-state index in [0.717, 1.165) is 32.5 Å². The third-order valence-electron chi connectivity index (χ3n) is 7.58. The Kier molecular flexibility index (Phi) is 4.36. The number of carbonyl (C=O) groups excluding carboxylic acids is 2. The van der Waals surface area contributed by atoms with Crippen LogP contribution in [-0.2, 0) is 14.4 Å².